The quantitative estimate of drug-likeness (QED) is 0.679. The molecule has 0 spiro atoms. The van der Waals surface area contributed by atoms with E-state index in [0.29, 0.717) is 5.56 Å². The minimum atomic E-state index is -0.187. The van der Waals surface area contributed by atoms with Crippen LogP contribution >= 0.6 is 11.6 Å². The minimum Gasteiger partial charge on any atom is -0.506 e. The van der Waals surface area contributed by atoms with Crippen LogP contribution in [-0.4, -0.2) is 10.2 Å². The number of halogens is 1. The Bertz CT molecular complexity index is 271. The number of benzene rings is 1. The summed E-state index contributed by atoms with van der Waals surface area (Å²) >= 11 is 5.64. The molecule has 0 radical (unpaired) electrons. The molecule has 2 nitrogen and oxygen atoms in total. The molecular formula is C8H9ClO2. The number of rotatable bonds is 1. The van der Waals surface area contributed by atoms with Crippen LogP contribution in [-0.2, 0) is 6.61 Å². The fourth-order valence-corrected chi connectivity index (χ4v) is 1.22. The van der Waals surface area contributed by atoms with Gasteiger partial charge in [-0.15, -0.1) is 0 Å². The van der Waals surface area contributed by atoms with Gasteiger partial charge in [-0.25, -0.2) is 0 Å². The Morgan fingerprint density at radius 1 is 1.45 bits per heavy atom. The molecule has 0 unspecified atom stereocenters. The van der Waals surface area contributed by atoms with Crippen molar-refractivity contribution in [1.82, 2.24) is 0 Å². The maximum Gasteiger partial charge on any atom is 0.139 e. The molecule has 2 N–H and O–H groups in total. The van der Waals surface area contributed by atoms with Crippen molar-refractivity contribution in [2.24, 2.45) is 0 Å². The summed E-state index contributed by atoms with van der Waals surface area (Å²) in [5, 5.41) is 18.3. The van der Waals surface area contributed by atoms with Gasteiger partial charge in [0.15, 0.2) is 0 Å². The summed E-state index contributed by atoms with van der Waals surface area (Å²) < 4.78 is 0. The van der Waals surface area contributed by atoms with E-state index >= 15 is 0 Å². The van der Waals surface area contributed by atoms with Gasteiger partial charge in [0, 0.05) is 5.56 Å². The van der Waals surface area contributed by atoms with Crippen LogP contribution in [0.2, 0.25) is 5.02 Å². The van der Waals surface area contributed by atoms with E-state index in [1.807, 2.05) is 6.92 Å². The number of hydrogen-bond acceptors (Lipinski definition) is 2. The lowest BCUT2D eigenvalue weighted by Gasteiger charge is -2.03. The second kappa shape index (κ2) is 3.11. The second-order valence-corrected chi connectivity index (χ2v) is 2.82. The second-order valence-electron chi connectivity index (χ2n) is 2.41. The summed E-state index contributed by atoms with van der Waals surface area (Å²) in [6.45, 7) is 1.66. The lowest BCUT2D eigenvalue weighted by atomic mass is 10.1. The molecule has 1 aromatic carbocycles. The first-order valence-electron chi connectivity index (χ1n) is 3.24. The molecule has 0 bridgehead atoms. The van der Waals surface area contributed by atoms with Gasteiger partial charge < -0.3 is 10.2 Å². The van der Waals surface area contributed by atoms with Crippen LogP contribution in [0.1, 0.15) is 11.1 Å². The van der Waals surface area contributed by atoms with Gasteiger partial charge in [0.25, 0.3) is 0 Å². The normalized spacial score (nSPS) is 10.1. The Labute approximate surface area is 70.1 Å². The van der Waals surface area contributed by atoms with Gasteiger partial charge >= 0.3 is 0 Å². The van der Waals surface area contributed by atoms with Crippen LogP contribution < -0.4 is 0 Å². The van der Waals surface area contributed by atoms with Crippen molar-refractivity contribution in [3.63, 3.8) is 0 Å². The Kier molecular flexibility index (Phi) is 2.37. The summed E-state index contributed by atoms with van der Waals surface area (Å²) in [4.78, 5) is 0. The molecular weight excluding hydrogens is 164 g/mol. The molecule has 0 aliphatic rings. The molecule has 0 heterocycles. The van der Waals surface area contributed by atoms with Crippen molar-refractivity contribution in [1.29, 1.82) is 0 Å². The zero-order valence-corrected chi connectivity index (χ0v) is 6.89. The highest BCUT2D eigenvalue weighted by Crippen LogP contribution is 2.28. The predicted molar refractivity (Wildman–Crippen MR) is 43.8 cm³/mol. The van der Waals surface area contributed by atoms with Gasteiger partial charge in [-0.1, -0.05) is 11.6 Å². The van der Waals surface area contributed by atoms with E-state index < -0.39 is 0 Å². The van der Waals surface area contributed by atoms with Crippen LogP contribution in [0.25, 0.3) is 0 Å². The Morgan fingerprint density at radius 3 is 2.64 bits per heavy atom. The number of hydrogen-bond donors (Lipinski definition) is 2. The maximum absolute atomic E-state index is 9.23. The molecule has 0 atom stereocenters. The van der Waals surface area contributed by atoms with E-state index in [2.05, 4.69) is 0 Å². The molecule has 0 aromatic heterocycles. The first-order valence-corrected chi connectivity index (χ1v) is 3.62. The highest BCUT2D eigenvalue weighted by Gasteiger charge is 2.04. The van der Waals surface area contributed by atoms with Crippen molar-refractivity contribution < 1.29 is 10.2 Å². The molecule has 11 heavy (non-hydrogen) atoms. The molecule has 0 saturated carbocycles. The highest BCUT2D eigenvalue weighted by molar-refractivity contribution is 6.32. The first kappa shape index (κ1) is 8.37. The average Bonchev–Trinajstić information content (AvgIpc) is 1.96. The van der Waals surface area contributed by atoms with Crippen molar-refractivity contribution in [2.75, 3.05) is 0 Å². The Balaban J connectivity index is 3.24. The third-order valence-electron chi connectivity index (χ3n) is 1.46. The molecule has 0 amide bonds. The molecule has 0 fully saturated rings. The van der Waals surface area contributed by atoms with Gasteiger partial charge in [0.05, 0.1) is 11.6 Å². The summed E-state index contributed by atoms with van der Waals surface area (Å²) in [5.41, 5.74) is 1.40. The number of aryl methyl sites for hydroxylation is 1. The van der Waals surface area contributed by atoms with Gasteiger partial charge in [-0.2, -0.15) is 0 Å². The van der Waals surface area contributed by atoms with E-state index in [0.717, 1.165) is 5.56 Å². The number of phenols is 1. The molecule has 0 aliphatic heterocycles. The largest absolute Gasteiger partial charge is 0.506 e. The van der Waals surface area contributed by atoms with Crippen LogP contribution in [0.4, 0.5) is 0 Å². The first-order chi connectivity index (χ1) is 5.15. The van der Waals surface area contributed by atoms with E-state index in [1.165, 1.54) is 0 Å². The molecule has 0 aliphatic carbocycles. The van der Waals surface area contributed by atoms with Gasteiger partial charge in [0.1, 0.15) is 5.75 Å². The average molecular weight is 173 g/mol. The summed E-state index contributed by atoms with van der Waals surface area (Å²) in [6.07, 6.45) is 0. The fraction of sp³-hybridized carbons (Fsp3) is 0.250. The van der Waals surface area contributed by atoms with Gasteiger partial charge in [-0.3, -0.25) is 0 Å². The minimum absolute atomic E-state index is 0.0280. The summed E-state index contributed by atoms with van der Waals surface area (Å²) in [5.74, 6) is -0.0280. The topological polar surface area (TPSA) is 40.5 Å². The zero-order chi connectivity index (χ0) is 8.43. The predicted octanol–water partition coefficient (Wildman–Crippen LogP) is 1.85. The van der Waals surface area contributed by atoms with Crippen molar-refractivity contribution in [2.45, 2.75) is 13.5 Å². The summed E-state index contributed by atoms with van der Waals surface area (Å²) in [6, 6.07) is 3.34. The molecule has 60 valence electrons. The molecule has 1 aromatic rings. The standard InChI is InChI=1S/C8H9ClO2/c1-5-2-6(4-10)8(11)7(9)3-5/h2-3,10-11H,4H2,1H3. The van der Waals surface area contributed by atoms with Crippen LogP contribution in [0.3, 0.4) is 0 Å². The SMILES string of the molecule is Cc1cc(Cl)c(O)c(CO)c1. The summed E-state index contributed by atoms with van der Waals surface area (Å²) in [7, 11) is 0. The lowest BCUT2D eigenvalue weighted by Crippen LogP contribution is -1.86. The highest BCUT2D eigenvalue weighted by atomic mass is 35.5. The molecule has 0 saturated heterocycles. The third kappa shape index (κ3) is 1.64. The number of aliphatic hydroxyl groups excluding tert-OH is 1. The Morgan fingerprint density at radius 2 is 2.09 bits per heavy atom. The van der Waals surface area contributed by atoms with Crippen LogP contribution in [0, 0.1) is 6.92 Å². The van der Waals surface area contributed by atoms with Gasteiger partial charge in [0.2, 0.25) is 0 Å². The lowest BCUT2D eigenvalue weighted by molar-refractivity contribution is 0.275. The van der Waals surface area contributed by atoms with Crippen molar-refractivity contribution >= 4 is 11.6 Å². The molecule has 3 heteroatoms. The monoisotopic (exact) mass is 172 g/mol. The van der Waals surface area contributed by atoms with E-state index in [9.17, 15) is 5.11 Å². The van der Waals surface area contributed by atoms with Gasteiger partial charge in [-0.05, 0) is 24.6 Å². The van der Waals surface area contributed by atoms with E-state index in [4.69, 9.17) is 16.7 Å². The van der Waals surface area contributed by atoms with Crippen molar-refractivity contribution in [3.8, 4) is 5.75 Å². The number of aliphatic hydroxyl groups is 1. The fourth-order valence-electron chi connectivity index (χ4n) is 0.927. The number of aromatic hydroxyl groups is 1. The maximum atomic E-state index is 9.23. The smallest absolute Gasteiger partial charge is 0.139 e. The zero-order valence-electron chi connectivity index (χ0n) is 6.13. The van der Waals surface area contributed by atoms with E-state index in [1.54, 1.807) is 12.1 Å². The van der Waals surface area contributed by atoms with E-state index in [-0.39, 0.29) is 17.4 Å². The van der Waals surface area contributed by atoms with Crippen molar-refractivity contribution in [3.05, 3.63) is 28.3 Å². The van der Waals surface area contributed by atoms with Crippen LogP contribution in [0.5, 0.6) is 5.75 Å². The third-order valence-corrected chi connectivity index (χ3v) is 1.75. The molecule has 1 rings (SSSR count). The Hall–Kier alpha value is -0.730. The van der Waals surface area contributed by atoms with Crippen LogP contribution in [0.15, 0.2) is 12.1 Å².